The standard InChI is InChI=1S/C24H24ClF4N5O3/c1-34(22(35)32-11-15-3-2-4-19(27)21(15)25)18(9-24(28,29)13-30)12-37-23(36)33-20-8-16-7-17(26)6-5-14(16)10-31-20/h2-8,10,18H,9,11-13,30H2,1H3,(H,32,35)(H,31,33,36)/t18-/m1/s1. The summed E-state index contributed by atoms with van der Waals surface area (Å²) in [6.45, 7) is -1.76. The summed E-state index contributed by atoms with van der Waals surface area (Å²) in [7, 11) is 1.24. The molecule has 0 aliphatic rings. The average molecular weight is 542 g/mol. The number of fused-ring (bicyclic) bond motifs is 1. The first-order chi connectivity index (χ1) is 17.5. The van der Waals surface area contributed by atoms with Crippen molar-refractivity contribution in [2.75, 3.05) is 25.5 Å². The van der Waals surface area contributed by atoms with Crippen LogP contribution < -0.4 is 16.4 Å². The molecule has 4 N–H and O–H groups in total. The molecule has 0 fully saturated rings. The van der Waals surface area contributed by atoms with Gasteiger partial charge in [0.15, 0.2) is 0 Å². The second-order valence-corrected chi connectivity index (χ2v) is 8.56. The lowest BCUT2D eigenvalue weighted by Crippen LogP contribution is -2.49. The third-order valence-corrected chi connectivity index (χ3v) is 5.91. The molecule has 1 heterocycles. The minimum Gasteiger partial charge on any atom is -0.447 e. The van der Waals surface area contributed by atoms with Crippen molar-refractivity contribution in [3.63, 3.8) is 0 Å². The highest BCUT2D eigenvalue weighted by Crippen LogP contribution is 2.23. The molecule has 0 spiro atoms. The van der Waals surface area contributed by atoms with Gasteiger partial charge in [-0.2, -0.15) is 0 Å². The zero-order valence-corrected chi connectivity index (χ0v) is 20.4. The van der Waals surface area contributed by atoms with Crippen molar-refractivity contribution in [1.29, 1.82) is 0 Å². The number of likely N-dealkylation sites (N-methyl/N-ethyl adjacent to an activating group) is 1. The molecule has 0 saturated heterocycles. The number of carbonyl (C=O) groups is 2. The number of nitrogens with two attached hydrogens (primary N) is 1. The van der Waals surface area contributed by atoms with E-state index in [0.29, 0.717) is 10.8 Å². The molecule has 0 aliphatic carbocycles. The number of urea groups is 1. The molecule has 198 valence electrons. The van der Waals surface area contributed by atoms with Gasteiger partial charge >= 0.3 is 12.1 Å². The van der Waals surface area contributed by atoms with Crippen LogP contribution in [0.2, 0.25) is 5.02 Å². The number of pyridine rings is 1. The van der Waals surface area contributed by atoms with Gasteiger partial charge in [-0.15, -0.1) is 0 Å². The summed E-state index contributed by atoms with van der Waals surface area (Å²) in [5.74, 6) is -4.45. The van der Waals surface area contributed by atoms with Gasteiger partial charge in [0.25, 0.3) is 5.92 Å². The van der Waals surface area contributed by atoms with Gasteiger partial charge in [-0.3, -0.25) is 5.32 Å². The van der Waals surface area contributed by atoms with Gasteiger partial charge in [0.05, 0.1) is 17.6 Å². The van der Waals surface area contributed by atoms with Crippen LogP contribution in [0.3, 0.4) is 0 Å². The Labute approximate surface area is 214 Å². The van der Waals surface area contributed by atoms with E-state index in [1.165, 1.54) is 49.6 Å². The zero-order valence-electron chi connectivity index (χ0n) is 19.6. The maximum Gasteiger partial charge on any atom is 0.412 e. The first kappa shape index (κ1) is 27.9. The third-order valence-electron chi connectivity index (χ3n) is 5.48. The molecule has 3 rings (SSSR count). The van der Waals surface area contributed by atoms with Gasteiger partial charge in [0, 0.05) is 31.6 Å². The number of rotatable bonds is 9. The van der Waals surface area contributed by atoms with E-state index in [4.69, 9.17) is 22.1 Å². The Morgan fingerprint density at radius 3 is 2.68 bits per heavy atom. The molecule has 2 aromatic carbocycles. The van der Waals surface area contributed by atoms with Gasteiger partial charge < -0.3 is 20.7 Å². The Balaban J connectivity index is 1.64. The zero-order chi connectivity index (χ0) is 27.2. The number of nitrogens with one attached hydrogen (secondary N) is 2. The Morgan fingerprint density at radius 1 is 1.19 bits per heavy atom. The predicted octanol–water partition coefficient (Wildman–Crippen LogP) is 4.91. The molecule has 1 aromatic heterocycles. The molecule has 1 atom stereocenters. The fourth-order valence-corrected chi connectivity index (χ4v) is 3.57. The maximum absolute atomic E-state index is 14.1. The quantitative estimate of drug-likeness (QED) is 0.334. The number of benzene rings is 2. The van der Waals surface area contributed by atoms with Crippen LogP contribution in [0.1, 0.15) is 12.0 Å². The molecule has 13 heteroatoms. The van der Waals surface area contributed by atoms with E-state index in [1.54, 1.807) is 0 Å². The normalized spacial score (nSPS) is 12.2. The summed E-state index contributed by atoms with van der Waals surface area (Å²) in [5, 5.41) is 5.73. The first-order valence-electron chi connectivity index (χ1n) is 11.0. The molecule has 0 unspecified atom stereocenters. The molecule has 37 heavy (non-hydrogen) atoms. The van der Waals surface area contributed by atoms with E-state index in [9.17, 15) is 27.2 Å². The van der Waals surface area contributed by atoms with Crippen molar-refractivity contribution < 1.29 is 31.9 Å². The van der Waals surface area contributed by atoms with Crippen LogP contribution in [-0.2, 0) is 11.3 Å². The summed E-state index contributed by atoms with van der Waals surface area (Å²) < 4.78 is 60.3. The number of ether oxygens (including phenoxy) is 1. The van der Waals surface area contributed by atoms with Crippen molar-refractivity contribution in [3.05, 3.63) is 70.9 Å². The summed E-state index contributed by atoms with van der Waals surface area (Å²) in [6.07, 6.45) is -0.503. The second-order valence-electron chi connectivity index (χ2n) is 8.19. The molecular formula is C24H24ClF4N5O3. The predicted molar refractivity (Wildman–Crippen MR) is 130 cm³/mol. The van der Waals surface area contributed by atoms with E-state index in [2.05, 4.69) is 15.6 Å². The fraction of sp³-hybridized carbons (Fsp3) is 0.292. The van der Waals surface area contributed by atoms with E-state index in [0.717, 1.165) is 11.0 Å². The highest BCUT2D eigenvalue weighted by Gasteiger charge is 2.35. The Bertz CT molecular complexity index is 1280. The van der Waals surface area contributed by atoms with E-state index in [1.807, 2.05) is 0 Å². The van der Waals surface area contributed by atoms with Crippen LogP contribution in [0.4, 0.5) is 33.0 Å². The van der Waals surface area contributed by atoms with Crippen LogP contribution in [0.5, 0.6) is 0 Å². The second kappa shape index (κ2) is 12.1. The lowest BCUT2D eigenvalue weighted by atomic mass is 10.1. The fourth-order valence-electron chi connectivity index (χ4n) is 3.37. The van der Waals surface area contributed by atoms with E-state index < -0.39 is 55.3 Å². The van der Waals surface area contributed by atoms with Crippen LogP contribution in [-0.4, -0.2) is 54.2 Å². The van der Waals surface area contributed by atoms with E-state index in [-0.39, 0.29) is 22.9 Å². The smallest absolute Gasteiger partial charge is 0.412 e. The number of nitrogens with zero attached hydrogens (tertiary/aromatic N) is 2. The van der Waals surface area contributed by atoms with Crippen LogP contribution in [0.15, 0.2) is 48.7 Å². The topological polar surface area (TPSA) is 110 Å². The number of anilines is 1. The third kappa shape index (κ3) is 7.67. The number of halogens is 5. The SMILES string of the molecule is CN(C(=O)NCc1cccc(F)c1Cl)[C@@H](COC(=O)Nc1cc2cc(F)ccc2cn1)CC(F)(F)CN. The van der Waals surface area contributed by atoms with Crippen molar-refractivity contribution in [1.82, 2.24) is 15.2 Å². The van der Waals surface area contributed by atoms with Crippen molar-refractivity contribution in [3.8, 4) is 0 Å². The van der Waals surface area contributed by atoms with Gasteiger partial charge in [0.1, 0.15) is 24.1 Å². The highest BCUT2D eigenvalue weighted by molar-refractivity contribution is 6.31. The summed E-state index contributed by atoms with van der Waals surface area (Å²) in [5.41, 5.74) is 5.42. The molecule has 0 radical (unpaired) electrons. The number of hydrogen-bond acceptors (Lipinski definition) is 5. The average Bonchev–Trinajstić information content (AvgIpc) is 2.86. The Hall–Kier alpha value is -3.64. The Morgan fingerprint density at radius 2 is 1.95 bits per heavy atom. The highest BCUT2D eigenvalue weighted by atomic mass is 35.5. The monoisotopic (exact) mass is 541 g/mol. The van der Waals surface area contributed by atoms with E-state index >= 15 is 0 Å². The molecule has 0 saturated carbocycles. The van der Waals surface area contributed by atoms with Crippen LogP contribution in [0.25, 0.3) is 10.8 Å². The largest absolute Gasteiger partial charge is 0.447 e. The van der Waals surface area contributed by atoms with Gasteiger partial charge in [-0.1, -0.05) is 23.7 Å². The molecule has 8 nitrogen and oxygen atoms in total. The number of alkyl halides is 2. The van der Waals surface area contributed by atoms with Crippen molar-refractivity contribution >= 4 is 40.3 Å². The summed E-state index contributed by atoms with van der Waals surface area (Å²) in [6, 6.07) is 7.44. The van der Waals surface area contributed by atoms with Gasteiger partial charge in [0.2, 0.25) is 0 Å². The lowest BCUT2D eigenvalue weighted by molar-refractivity contribution is -0.0260. The minimum absolute atomic E-state index is 0.0463. The first-order valence-corrected chi connectivity index (χ1v) is 11.4. The number of aromatic nitrogens is 1. The molecular weight excluding hydrogens is 518 g/mol. The summed E-state index contributed by atoms with van der Waals surface area (Å²) >= 11 is 5.87. The van der Waals surface area contributed by atoms with Crippen molar-refractivity contribution in [2.24, 2.45) is 5.73 Å². The molecule has 3 aromatic rings. The molecule has 3 amide bonds. The molecule has 0 aliphatic heterocycles. The van der Waals surface area contributed by atoms with Crippen LogP contribution in [0, 0.1) is 11.6 Å². The number of hydrogen-bond donors (Lipinski definition) is 3. The lowest BCUT2D eigenvalue weighted by Gasteiger charge is -2.30. The number of carbonyl (C=O) groups excluding carboxylic acids is 2. The number of amides is 3. The summed E-state index contributed by atoms with van der Waals surface area (Å²) in [4.78, 5) is 29.9. The minimum atomic E-state index is -3.35. The maximum atomic E-state index is 14.1. The van der Waals surface area contributed by atoms with Gasteiger partial charge in [-0.25, -0.2) is 32.1 Å². The van der Waals surface area contributed by atoms with Crippen LogP contribution >= 0.6 is 11.6 Å². The van der Waals surface area contributed by atoms with Crippen molar-refractivity contribution in [2.45, 2.75) is 24.9 Å². The molecule has 0 bridgehead atoms. The van der Waals surface area contributed by atoms with Gasteiger partial charge in [-0.05, 0) is 41.3 Å². The Kier molecular flexibility index (Phi) is 9.11.